The third-order valence-electron chi connectivity index (χ3n) is 3.18. The number of hydrogen-bond donors (Lipinski definition) is 3. The minimum Gasteiger partial charge on any atom is -0.495 e. The van der Waals surface area contributed by atoms with Crippen molar-refractivity contribution in [3.8, 4) is 11.5 Å². The van der Waals surface area contributed by atoms with Crippen LogP contribution in [0.25, 0.3) is 0 Å². The van der Waals surface area contributed by atoms with Crippen LogP contribution in [0.2, 0.25) is 0 Å². The zero-order chi connectivity index (χ0) is 19.9. The number of primary amides is 2. The van der Waals surface area contributed by atoms with Gasteiger partial charge in [0.25, 0.3) is 0 Å². The van der Waals surface area contributed by atoms with Crippen LogP contribution in [0.1, 0.15) is 20.7 Å². The molecule has 0 fully saturated rings. The van der Waals surface area contributed by atoms with Gasteiger partial charge in [0.05, 0.1) is 24.8 Å². The Balaban J connectivity index is 0.000000263. The minimum atomic E-state index is -0.654. The summed E-state index contributed by atoms with van der Waals surface area (Å²) in [4.78, 5) is 31.3. The van der Waals surface area contributed by atoms with Gasteiger partial charge in [0.15, 0.2) is 5.75 Å². The fourth-order valence-electron chi connectivity index (χ4n) is 1.85. The Bertz CT molecular complexity index is 837. The molecule has 2 aromatic rings. The van der Waals surface area contributed by atoms with Crippen molar-refractivity contribution in [3.63, 3.8) is 0 Å². The standard InChI is InChI=1S/C8H8N2O4.C8H10N2O2/c1-14-7-4-5(8(9)11)2-3-6(7)10(12)13;1-12-7-4-5(8(10)11)2-3-6(7)9/h2-4H,1H3,(H2,9,11);2-4H,9H2,1H3,(H2,10,11). The molecular formula is C16H18N4O6. The summed E-state index contributed by atoms with van der Waals surface area (Å²) in [5.41, 5.74) is 16.4. The Hall–Kier alpha value is -3.82. The summed E-state index contributed by atoms with van der Waals surface area (Å²) in [6.07, 6.45) is 0. The molecule has 0 aromatic heterocycles. The molecule has 0 radical (unpaired) electrons. The highest BCUT2D eigenvalue weighted by Gasteiger charge is 2.15. The number of methoxy groups -OCH3 is 2. The fraction of sp³-hybridized carbons (Fsp3) is 0.125. The van der Waals surface area contributed by atoms with Crippen molar-refractivity contribution in [2.24, 2.45) is 11.5 Å². The van der Waals surface area contributed by atoms with E-state index in [1.165, 1.54) is 38.5 Å². The van der Waals surface area contributed by atoms with Crippen LogP contribution in [0, 0.1) is 10.1 Å². The number of rotatable bonds is 5. The summed E-state index contributed by atoms with van der Waals surface area (Å²) in [5, 5.41) is 10.5. The molecule has 0 aliphatic carbocycles. The molecule has 138 valence electrons. The number of hydrogen-bond acceptors (Lipinski definition) is 7. The van der Waals surface area contributed by atoms with Gasteiger partial charge in [-0.15, -0.1) is 0 Å². The summed E-state index contributed by atoms with van der Waals surface area (Å²) >= 11 is 0. The maximum atomic E-state index is 10.7. The second-order valence-corrected chi connectivity index (χ2v) is 4.83. The monoisotopic (exact) mass is 362 g/mol. The van der Waals surface area contributed by atoms with Gasteiger partial charge in [0.1, 0.15) is 5.75 Å². The van der Waals surface area contributed by atoms with E-state index in [4.69, 9.17) is 26.7 Å². The smallest absolute Gasteiger partial charge is 0.310 e. The van der Waals surface area contributed by atoms with Gasteiger partial charge in [-0.2, -0.15) is 0 Å². The van der Waals surface area contributed by atoms with Crippen molar-refractivity contribution in [3.05, 3.63) is 57.6 Å². The van der Waals surface area contributed by atoms with Crippen LogP contribution in [-0.2, 0) is 0 Å². The first-order valence-electron chi connectivity index (χ1n) is 7.06. The number of nitrogens with zero attached hydrogens (tertiary/aromatic N) is 1. The van der Waals surface area contributed by atoms with Crippen LogP contribution in [0.5, 0.6) is 11.5 Å². The van der Waals surface area contributed by atoms with E-state index in [2.05, 4.69) is 0 Å². The predicted molar refractivity (Wildman–Crippen MR) is 94.1 cm³/mol. The van der Waals surface area contributed by atoms with E-state index in [0.717, 1.165) is 0 Å². The molecule has 0 aliphatic rings. The molecule has 0 unspecified atom stereocenters. The minimum absolute atomic E-state index is 0.0197. The number of carbonyl (C=O) groups is 2. The van der Waals surface area contributed by atoms with Crippen LogP contribution in [0.15, 0.2) is 36.4 Å². The van der Waals surface area contributed by atoms with E-state index >= 15 is 0 Å². The number of nitro benzene ring substituents is 1. The topological polar surface area (TPSA) is 174 Å². The van der Waals surface area contributed by atoms with Crippen LogP contribution in [0.4, 0.5) is 11.4 Å². The molecule has 0 aliphatic heterocycles. The highest BCUT2D eigenvalue weighted by Crippen LogP contribution is 2.27. The van der Waals surface area contributed by atoms with Crippen molar-refractivity contribution >= 4 is 23.2 Å². The third kappa shape index (κ3) is 5.09. The van der Waals surface area contributed by atoms with E-state index < -0.39 is 16.7 Å². The van der Waals surface area contributed by atoms with E-state index in [-0.39, 0.29) is 17.0 Å². The zero-order valence-electron chi connectivity index (χ0n) is 14.1. The number of anilines is 1. The van der Waals surface area contributed by atoms with Gasteiger partial charge >= 0.3 is 5.69 Å². The van der Waals surface area contributed by atoms with E-state index in [9.17, 15) is 19.7 Å². The van der Waals surface area contributed by atoms with E-state index in [1.54, 1.807) is 12.1 Å². The Morgan fingerprint density at radius 3 is 1.81 bits per heavy atom. The number of nitro groups is 1. The lowest BCUT2D eigenvalue weighted by molar-refractivity contribution is -0.385. The lowest BCUT2D eigenvalue weighted by Crippen LogP contribution is -2.11. The summed E-state index contributed by atoms with van der Waals surface area (Å²) in [7, 11) is 2.77. The first kappa shape index (κ1) is 20.2. The van der Waals surface area contributed by atoms with Crippen LogP contribution in [0.3, 0.4) is 0 Å². The predicted octanol–water partition coefficient (Wildman–Crippen LogP) is 1.08. The highest BCUT2D eigenvalue weighted by atomic mass is 16.6. The quantitative estimate of drug-likeness (QED) is 0.405. The molecule has 6 N–H and O–H groups in total. The molecular weight excluding hydrogens is 344 g/mol. The van der Waals surface area contributed by atoms with Crippen molar-refractivity contribution in [2.75, 3.05) is 20.0 Å². The molecule has 26 heavy (non-hydrogen) atoms. The van der Waals surface area contributed by atoms with Crippen molar-refractivity contribution in [2.45, 2.75) is 0 Å². The third-order valence-corrected chi connectivity index (χ3v) is 3.18. The Kier molecular flexibility index (Phi) is 6.90. The average molecular weight is 362 g/mol. The molecule has 0 bridgehead atoms. The van der Waals surface area contributed by atoms with Gasteiger partial charge < -0.3 is 26.7 Å². The van der Waals surface area contributed by atoms with Crippen molar-refractivity contribution in [1.29, 1.82) is 0 Å². The van der Waals surface area contributed by atoms with Crippen LogP contribution < -0.4 is 26.7 Å². The summed E-state index contributed by atoms with van der Waals surface area (Å²) < 4.78 is 9.65. The molecule has 0 atom stereocenters. The van der Waals surface area contributed by atoms with Crippen molar-refractivity contribution in [1.82, 2.24) is 0 Å². The number of carbonyl (C=O) groups excluding carboxylic acids is 2. The van der Waals surface area contributed by atoms with Gasteiger partial charge in [-0.1, -0.05) is 0 Å². The largest absolute Gasteiger partial charge is 0.495 e. The fourth-order valence-corrected chi connectivity index (χ4v) is 1.85. The molecule has 0 heterocycles. The summed E-state index contributed by atoms with van der Waals surface area (Å²) in [5.74, 6) is -0.663. The van der Waals surface area contributed by atoms with Crippen LogP contribution >= 0.6 is 0 Å². The number of amides is 2. The van der Waals surface area contributed by atoms with E-state index in [1.807, 2.05) is 0 Å². The number of nitrogens with two attached hydrogens (primary N) is 3. The van der Waals surface area contributed by atoms with Gasteiger partial charge in [0, 0.05) is 23.3 Å². The Morgan fingerprint density at radius 2 is 1.38 bits per heavy atom. The number of benzene rings is 2. The molecule has 0 saturated heterocycles. The lowest BCUT2D eigenvalue weighted by atomic mass is 10.2. The van der Waals surface area contributed by atoms with Crippen LogP contribution in [-0.4, -0.2) is 31.0 Å². The summed E-state index contributed by atoms with van der Waals surface area (Å²) in [6, 6.07) is 8.35. The van der Waals surface area contributed by atoms with Gasteiger partial charge in [0.2, 0.25) is 11.8 Å². The highest BCUT2D eigenvalue weighted by molar-refractivity contribution is 5.94. The second kappa shape index (κ2) is 8.87. The SMILES string of the molecule is COc1cc(C(N)=O)ccc1N.COc1cc(C(N)=O)ccc1[N+](=O)[O-]. The van der Waals surface area contributed by atoms with Gasteiger partial charge in [-0.3, -0.25) is 19.7 Å². The van der Waals surface area contributed by atoms with E-state index in [0.29, 0.717) is 17.0 Å². The first-order chi connectivity index (χ1) is 12.2. The molecule has 10 nitrogen and oxygen atoms in total. The maximum Gasteiger partial charge on any atom is 0.310 e. The number of nitrogen functional groups attached to an aromatic ring is 1. The lowest BCUT2D eigenvalue weighted by Gasteiger charge is -2.04. The zero-order valence-corrected chi connectivity index (χ0v) is 14.1. The molecule has 0 spiro atoms. The molecule has 10 heteroatoms. The Labute approximate surface area is 148 Å². The first-order valence-corrected chi connectivity index (χ1v) is 7.06. The summed E-state index contributed by atoms with van der Waals surface area (Å²) in [6.45, 7) is 0. The molecule has 0 saturated carbocycles. The normalized spacial score (nSPS) is 9.46. The van der Waals surface area contributed by atoms with Gasteiger partial charge in [-0.05, 0) is 24.3 Å². The molecule has 2 amide bonds. The maximum absolute atomic E-state index is 10.7. The second-order valence-electron chi connectivity index (χ2n) is 4.83. The van der Waals surface area contributed by atoms with Gasteiger partial charge in [-0.25, -0.2) is 0 Å². The molecule has 2 rings (SSSR count). The average Bonchev–Trinajstić information content (AvgIpc) is 2.61. The Morgan fingerprint density at radius 1 is 0.923 bits per heavy atom. The number of ether oxygens (including phenoxy) is 2. The molecule has 2 aromatic carbocycles. The van der Waals surface area contributed by atoms with Crippen molar-refractivity contribution < 1.29 is 24.0 Å².